The van der Waals surface area contributed by atoms with Crippen molar-refractivity contribution in [2.45, 2.75) is 72.1 Å². The molecule has 0 rings (SSSR count). The van der Waals surface area contributed by atoms with E-state index in [2.05, 4.69) is 32.7 Å². The van der Waals surface area contributed by atoms with Crippen molar-refractivity contribution >= 4 is 0 Å². The van der Waals surface area contributed by atoms with E-state index in [1.54, 1.807) is 0 Å². The van der Waals surface area contributed by atoms with E-state index >= 15 is 0 Å². The van der Waals surface area contributed by atoms with Crippen LogP contribution in [0.5, 0.6) is 0 Å². The standard InChI is InChI=1S/C15H33N/c1-5-8-9-10-11-13-16(4)14-15(7-3)12-6-2/h15H,5-14H2,1-4H3. The summed E-state index contributed by atoms with van der Waals surface area (Å²) in [6.45, 7) is 9.51. The first kappa shape index (κ1) is 16.0. The third-order valence-corrected chi connectivity index (χ3v) is 3.49. The van der Waals surface area contributed by atoms with Crippen LogP contribution < -0.4 is 0 Å². The largest absolute Gasteiger partial charge is 0.306 e. The summed E-state index contributed by atoms with van der Waals surface area (Å²) in [5, 5.41) is 0. The summed E-state index contributed by atoms with van der Waals surface area (Å²) >= 11 is 0. The van der Waals surface area contributed by atoms with Gasteiger partial charge in [-0.3, -0.25) is 0 Å². The fourth-order valence-electron chi connectivity index (χ4n) is 2.35. The molecular formula is C15H33N. The molecule has 0 N–H and O–H groups in total. The highest BCUT2D eigenvalue weighted by molar-refractivity contribution is 4.62. The predicted octanol–water partition coefficient (Wildman–Crippen LogP) is 4.71. The summed E-state index contributed by atoms with van der Waals surface area (Å²) in [6.07, 6.45) is 11.1. The molecule has 0 saturated heterocycles. The monoisotopic (exact) mass is 227 g/mol. The average Bonchev–Trinajstić information content (AvgIpc) is 2.28. The highest BCUT2D eigenvalue weighted by Gasteiger charge is 2.08. The SMILES string of the molecule is CCCCCCCN(C)CC(CC)CCC. The Kier molecular flexibility index (Phi) is 11.4. The van der Waals surface area contributed by atoms with E-state index in [1.807, 2.05) is 0 Å². The molecule has 0 aliphatic carbocycles. The Bertz CT molecular complexity index is 133. The van der Waals surface area contributed by atoms with Gasteiger partial charge in [-0.25, -0.2) is 0 Å². The van der Waals surface area contributed by atoms with Crippen LogP contribution in [0.3, 0.4) is 0 Å². The molecule has 0 fully saturated rings. The van der Waals surface area contributed by atoms with Gasteiger partial charge in [0.05, 0.1) is 0 Å². The minimum atomic E-state index is 0.922. The van der Waals surface area contributed by atoms with Crippen LogP contribution in [-0.2, 0) is 0 Å². The van der Waals surface area contributed by atoms with E-state index < -0.39 is 0 Å². The zero-order chi connectivity index (χ0) is 12.2. The fourth-order valence-corrected chi connectivity index (χ4v) is 2.35. The lowest BCUT2D eigenvalue weighted by molar-refractivity contribution is 0.256. The molecule has 0 heterocycles. The van der Waals surface area contributed by atoms with Gasteiger partial charge in [-0.05, 0) is 32.4 Å². The van der Waals surface area contributed by atoms with Gasteiger partial charge in [-0.1, -0.05) is 59.3 Å². The van der Waals surface area contributed by atoms with E-state index in [0.29, 0.717) is 0 Å². The lowest BCUT2D eigenvalue weighted by Crippen LogP contribution is -2.26. The topological polar surface area (TPSA) is 3.24 Å². The maximum absolute atomic E-state index is 2.54. The van der Waals surface area contributed by atoms with Crippen molar-refractivity contribution in [3.8, 4) is 0 Å². The second-order valence-corrected chi connectivity index (χ2v) is 5.24. The van der Waals surface area contributed by atoms with Crippen molar-refractivity contribution in [1.29, 1.82) is 0 Å². The van der Waals surface area contributed by atoms with E-state index in [-0.39, 0.29) is 0 Å². The maximum Gasteiger partial charge on any atom is 0.000650 e. The Morgan fingerprint density at radius 2 is 1.56 bits per heavy atom. The zero-order valence-electron chi connectivity index (χ0n) is 12.1. The summed E-state index contributed by atoms with van der Waals surface area (Å²) in [5.74, 6) is 0.922. The van der Waals surface area contributed by atoms with Crippen molar-refractivity contribution in [3.05, 3.63) is 0 Å². The van der Waals surface area contributed by atoms with Gasteiger partial charge in [0, 0.05) is 6.54 Å². The number of nitrogens with zero attached hydrogens (tertiary/aromatic N) is 1. The minimum absolute atomic E-state index is 0.922. The molecule has 1 heteroatoms. The van der Waals surface area contributed by atoms with E-state index in [0.717, 1.165) is 5.92 Å². The molecule has 0 saturated carbocycles. The van der Waals surface area contributed by atoms with Crippen molar-refractivity contribution in [2.24, 2.45) is 5.92 Å². The summed E-state index contributed by atoms with van der Waals surface area (Å²) < 4.78 is 0. The lowest BCUT2D eigenvalue weighted by atomic mass is 10.0. The van der Waals surface area contributed by atoms with E-state index in [1.165, 1.54) is 64.5 Å². The molecule has 0 aliphatic rings. The van der Waals surface area contributed by atoms with Crippen molar-refractivity contribution < 1.29 is 0 Å². The third-order valence-electron chi connectivity index (χ3n) is 3.49. The summed E-state index contributed by atoms with van der Waals surface area (Å²) in [4.78, 5) is 2.54. The fraction of sp³-hybridized carbons (Fsp3) is 1.00. The Balaban J connectivity index is 3.44. The molecule has 0 spiro atoms. The number of hydrogen-bond acceptors (Lipinski definition) is 1. The van der Waals surface area contributed by atoms with Gasteiger partial charge in [0.15, 0.2) is 0 Å². The molecule has 0 aromatic heterocycles. The first-order valence-corrected chi connectivity index (χ1v) is 7.43. The minimum Gasteiger partial charge on any atom is -0.306 e. The molecular weight excluding hydrogens is 194 g/mol. The molecule has 0 radical (unpaired) electrons. The molecule has 16 heavy (non-hydrogen) atoms. The maximum atomic E-state index is 2.54. The molecule has 0 aromatic rings. The second-order valence-electron chi connectivity index (χ2n) is 5.24. The summed E-state index contributed by atoms with van der Waals surface area (Å²) in [7, 11) is 2.29. The first-order valence-electron chi connectivity index (χ1n) is 7.43. The van der Waals surface area contributed by atoms with Crippen molar-refractivity contribution in [3.63, 3.8) is 0 Å². The molecule has 98 valence electrons. The zero-order valence-corrected chi connectivity index (χ0v) is 12.1. The van der Waals surface area contributed by atoms with Gasteiger partial charge < -0.3 is 4.90 Å². The van der Waals surface area contributed by atoms with Crippen molar-refractivity contribution in [1.82, 2.24) is 4.90 Å². The molecule has 0 aromatic carbocycles. The smallest absolute Gasteiger partial charge is 0.000650 e. The lowest BCUT2D eigenvalue weighted by Gasteiger charge is -2.22. The van der Waals surface area contributed by atoms with Crippen LogP contribution in [0.4, 0.5) is 0 Å². The van der Waals surface area contributed by atoms with Crippen molar-refractivity contribution in [2.75, 3.05) is 20.1 Å². The Labute approximate surface area is 104 Å². The summed E-state index contributed by atoms with van der Waals surface area (Å²) in [6, 6.07) is 0. The van der Waals surface area contributed by atoms with Gasteiger partial charge in [0.25, 0.3) is 0 Å². The molecule has 0 aliphatic heterocycles. The normalized spacial score (nSPS) is 13.3. The van der Waals surface area contributed by atoms with Crippen LogP contribution in [0.1, 0.15) is 72.1 Å². The Morgan fingerprint density at radius 1 is 0.875 bits per heavy atom. The number of unbranched alkanes of at least 4 members (excludes halogenated alkanes) is 4. The van der Waals surface area contributed by atoms with Gasteiger partial charge in [0.1, 0.15) is 0 Å². The van der Waals surface area contributed by atoms with Crippen LogP contribution in [-0.4, -0.2) is 25.0 Å². The van der Waals surface area contributed by atoms with Crippen LogP contribution >= 0.6 is 0 Å². The first-order chi connectivity index (χ1) is 7.74. The Hall–Kier alpha value is -0.0400. The summed E-state index contributed by atoms with van der Waals surface area (Å²) in [5.41, 5.74) is 0. The predicted molar refractivity (Wildman–Crippen MR) is 74.9 cm³/mol. The van der Waals surface area contributed by atoms with Crippen LogP contribution in [0.25, 0.3) is 0 Å². The molecule has 1 nitrogen and oxygen atoms in total. The number of hydrogen-bond donors (Lipinski definition) is 0. The third kappa shape index (κ3) is 9.21. The Morgan fingerprint density at radius 3 is 2.12 bits per heavy atom. The molecule has 0 amide bonds. The molecule has 1 unspecified atom stereocenters. The van der Waals surface area contributed by atoms with Crippen LogP contribution in [0.2, 0.25) is 0 Å². The molecule has 1 atom stereocenters. The quantitative estimate of drug-likeness (QED) is 0.462. The van der Waals surface area contributed by atoms with Gasteiger partial charge in [-0.15, -0.1) is 0 Å². The molecule has 0 bridgehead atoms. The van der Waals surface area contributed by atoms with Gasteiger partial charge in [0.2, 0.25) is 0 Å². The number of rotatable bonds is 11. The second kappa shape index (κ2) is 11.4. The highest BCUT2D eigenvalue weighted by Crippen LogP contribution is 2.12. The van der Waals surface area contributed by atoms with Crippen LogP contribution in [0.15, 0.2) is 0 Å². The highest BCUT2D eigenvalue weighted by atomic mass is 15.1. The van der Waals surface area contributed by atoms with E-state index in [4.69, 9.17) is 0 Å². The average molecular weight is 227 g/mol. The van der Waals surface area contributed by atoms with Gasteiger partial charge >= 0.3 is 0 Å². The van der Waals surface area contributed by atoms with Crippen LogP contribution in [0, 0.1) is 5.92 Å². The van der Waals surface area contributed by atoms with E-state index in [9.17, 15) is 0 Å². The van der Waals surface area contributed by atoms with Gasteiger partial charge in [-0.2, -0.15) is 0 Å².